The summed E-state index contributed by atoms with van der Waals surface area (Å²) in [4.78, 5) is 22.8. The summed E-state index contributed by atoms with van der Waals surface area (Å²) < 4.78 is 5.14. The molecule has 1 N–H and O–H groups in total. The van der Waals surface area contributed by atoms with Crippen LogP contribution in [0.1, 0.15) is 34.6 Å². The minimum absolute atomic E-state index is 0.167. The molecule has 110 valence electrons. The Bertz CT molecular complexity index is 320. The SMILES string of the molecule is C=C(C)C(=O)O.C=C(C)C(=O)OC(C)N(CC)CC. The fraction of sp³-hybridized carbons (Fsp3) is 0.571. The van der Waals surface area contributed by atoms with Gasteiger partial charge in [-0.05, 0) is 33.9 Å². The first-order valence-corrected chi connectivity index (χ1v) is 6.16. The average Bonchev–Trinajstić information content (AvgIpc) is 2.30. The molecule has 0 heterocycles. The quantitative estimate of drug-likeness (QED) is 0.456. The van der Waals surface area contributed by atoms with Gasteiger partial charge in [-0.15, -0.1) is 0 Å². The lowest BCUT2D eigenvalue weighted by Gasteiger charge is -2.25. The van der Waals surface area contributed by atoms with Gasteiger partial charge in [0, 0.05) is 11.1 Å². The molecule has 19 heavy (non-hydrogen) atoms. The molecule has 0 aromatic carbocycles. The van der Waals surface area contributed by atoms with E-state index in [4.69, 9.17) is 9.84 Å². The Morgan fingerprint density at radius 2 is 1.53 bits per heavy atom. The van der Waals surface area contributed by atoms with Crippen molar-refractivity contribution in [2.75, 3.05) is 13.1 Å². The molecule has 1 unspecified atom stereocenters. The van der Waals surface area contributed by atoms with Crippen molar-refractivity contribution in [2.24, 2.45) is 0 Å². The van der Waals surface area contributed by atoms with Crippen LogP contribution in [0.15, 0.2) is 24.3 Å². The van der Waals surface area contributed by atoms with Gasteiger partial charge < -0.3 is 9.84 Å². The van der Waals surface area contributed by atoms with E-state index in [1.54, 1.807) is 6.92 Å². The topological polar surface area (TPSA) is 66.8 Å². The molecule has 0 saturated heterocycles. The molecule has 0 amide bonds. The molecule has 0 saturated carbocycles. The second kappa shape index (κ2) is 10.3. The van der Waals surface area contributed by atoms with Gasteiger partial charge in [0.2, 0.25) is 0 Å². The standard InChI is InChI=1S/C10H19NO2.C4H6O2/c1-6-11(7-2)9(5)13-10(12)8(3)4;1-3(2)4(5)6/h9H,3,6-7H2,1-2,4-5H3;1H2,2H3,(H,5,6). The summed E-state index contributed by atoms with van der Waals surface area (Å²) in [5.41, 5.74) is 0.619. The van der Waals surface area contributed by atoms with E-state index >= 15 is 0 Å². The lowest BCUT2D eigenvalue weighted by atomic mass is 10.3. The van der Waals surface area contributed by atoms with Gasteiger partial charge in [0.1, 0.15) is 0 Å². The van der Waals surface area contributed by atoms with E-state index in [1.807, 2.05) is 20.8 Å². The van der Waals surface area contributed by atoms with Gasteiger partial charge in [-0.2, -0.15) is 0 Å². The van der Waals surface area contributed by atoms with Crippen molar-refractivity contribution < 1.29 is 19.4 Å². The van der Waals surface area contributed by atoms with Crippen molar-refractivity contribution >= 4 is 11.9 Å². The largest absolute Gasteiger partial charge is 0.478 e. The highest BCUT2D eigenvalue weighted by Crippen LogP contribution is 2.03. The fourth-order valence-electron chi connectivity index (χ4n) is 1.07. The summed E-state index contributed by atoms with van der Waals surface area (Å²) in [6, 6.07) is 0. The van der Waals surface area contributed by atoms with Gasteiger partial charge in [-0.1, -0.05) is 27.0 Å². The number of carbonyl (C=O) groups excluding carboxylic acids is 1. The minimum Gasteiger partial charge on any atom is -0.478 e. The Morgan fingerprint density at radius 1 is 1.16 bits per heavy atom. The molecule has 0 aromatic heterocycles. The number of carboxylic acids is 1. The first kappa shape index (κ1) is 19.7. The predicted octanol–water partition coefficient (Wildman–Crippen LogP) is 2.44. The first-order valence-electron chi connectivity index (χ1n) is 6.16. The summed E-state index contributed by atoms with van der Waals surface area (Å²) >= 11 is 0. The summed E-state index contributed by atoms with van der Waals surface area (Å²) in [6.45, 7) is 17.5. The highest BCUT2D eigenvalue weighted by Gasteiger charge is 2.14. The number of ether oxygens (including phenoxy) is 1. The third-order valence-corrected chi connectivity index (χ3v) is 2.32. The van der Waals surface area contributed by atoms with E-state index in [0.717, 1.165) is 13.1 Å². The molecule has 0 rings (SSSR count). The van der Waals surface area contributed by atoms with Gasteiger partial charge in [0.15, 0.2) is 6.23 Å². The van der Waals surface area contributed by atoms with E-state index in [1.165, 1.54) is 6.92 Å². The van der Waals surface area contributed by atoms with Crippen LogP contribution in [0.3, 0.4) is 0 Å². The maximum Gasteiger partial charge on any atom is 0.334 e. The van der Waals surface area contributed by atoms with E-state index < -0.39 is 5.97 Å². The van der Waals surface area contributed by atoms with Gasteiger partial charge in [0.25, 0.3) is 0 Å². The maximum atomic E-state index is 11.1. The van der Waals surface area contributed by atoms with Gasteiger partial charge >= 0.3 is 11.9 Å². The smallest absolute Gasteiger partial charge is 0.334 e. The number of hydrogen-bond donors (Lipinski definition) is 1. The third kappa shape index (κ3) is 10.0. The van der Waals surface area contributed by atoms with Crippen LogP contribution in [-0.4, -0.2) is 41.3 Å². The van der Waals surface area contributed by atoms with E-state index in [0.29, 0.717) is 5.57 Å². The number of carboxylic acid groups (broad SMARTS) is 1. The third-order valence-electron chi connectivity index (χ3n) is 2.32. The van der Waals surface area contributed by atoms with E-state index in [-0.39, 0.29) is 17.8 Å². The van der Waals surface area contributed by atoms with Crippen LogP contribution in [0.2, 0.25) is 0 Å². The van der Waals surface area contributed by atoms with Crippen molar-refractivity contribution in [1.82, 2.24) is 4.90 Å². The Kier molecular flexibility index (Phi) is 10.7. The molecule has 0 radical (unpaired) electrons. The molecule has 0 spiro atoms. The zero-order chi connectivity index (χ0) is 15.6. The van der Waals surface area contributed by atoms with Crippen molar-refractivity contribution in [2.45, 2.75) is 40.8 Å². The van der Waals surface area contributed by atoms with Crippen molar-refractivity contribution in [3.8, 4) is 0 Å². The van der Waals surface area contributed by atoms with E-state index in [2.05, 4.69) is 18.1 Å². The average molecular weight is 271 g/mol. The van der Waals surface area contributed by atoms with Crippen LogP contribution in [0, 0.1) is 0 Å². The van der Waals surface area contributed by atoms with Crippen LogP contribution < -0.4 is 0 Å². The normalized spacial score (nSPS) is 11.1. The van der Waals surface area contributed by atoms with Gasteiger partial charge in [0.05, 0.1) is 0 Å². The predicted molar refractivity (Wildman–Crippen MR) is 75.7 cm³/mol. The minimum atomic E-state index is -0.935. The highest BCUT2D eigenvalue weighted by molar-refractivity contribution is 5.87. The van der Waals surface area contributed by atoms with Crippen molar-refractivity contribution in [3.63, 3.8) is 0 Å². The number of hydrogen-bond acceptors (Lipinski definition) is 4. The lowest BCUT2D eigenvalue weighted by Crippen LogP contribution is -2.36. The molecule has 0 bridgehead atoms. The zero-order valence-electron chi connectivity index (χ0n) is 12.5. The second-order valence-electron chi connectivity index (χ2n) is 4.09. The fourth-order valence-corrected chi connectivity index (χ4v) is 1.07. The number of nitrogens with zero attached hydrogens (tertiary/aromatic N) is 1. The molecular weight excluding hydrogens is 246 g/mol. The molecule has 0 aliphatic rings. The highest BCUT2D eigenvalue weighted by atomic mass is 16.6. The Morgan fingerprint density at radius 3 is 1.74 bits per heavy atom. The Balaban J connectivity index is 0. The molecule has 0 aliphatic heterocycles. The summed E-state index contributed by atoms with van der Waals surface area (Å²) in [7, 11) is 0. The summed E-state index contributed by atoms with van der Waals surface area (Å²) in [6.07, 6.45) is -0.167. The molecule has 5 nitrogen and oxygen atoms in total. The number of aliphatic carboxylic acids is 1. The zero-order valence-corrected chi connectivity index (χ0v) is 12.5. The number of esters is 1. The second-order valence-corrected chi connectivity index (χ2v) is 4.09. The molecular formula is C14H25NO4. The van der Waals surface area contributed by atoms with E-state index in [9.17, 15) is 9.59 Å². The number of carbonyl (C=O) groups is 2. The summed E-state index contributed by atoms with van der Waals surface area (Å²) in [5.74, 6) is -1.26. The molecule has 0 fully saturated rings. The molecule has 0 aliphatic carbocycles. The maximum absolute atomic E-state index is 11.1. The summed E-state index contributed by atoms with van der Waals surface area (Å²) in [5, 5.41) is 7.89. The molecule has 1 atom stereocenters. The Hall–Kier alpha value is -1.62. The van der Waals surface area contributed by atoms with Gasteiger partial charge in [-0.25, -0.2) is 9.59 Å². The Labute approximate surface area is 115 Å². The van der Waals surface area contributed by atoms with Crippen LogP contribution in [0.4, 0.5) is 0 Å². The first-order chi connectivity index (χ1) is 8.67. The van der Waals surface area contributed by atoms with Crippen LogP contribution in [-0.2, 0) is 14.3 Å². The van der Waals surface area contributed by atoms with Crippen molar-refractivity contribution in [1.29, 1.82) is 0 Å². The molecule has 5 heteroatoms. The van der Waals surface area contributed by atoms with Crippen molar-refractivity contribution in [3.05, 3.63) is 24.3 Å². The monoisotopic (exact) mass is 271 g/mol. The lowest BCUT2D eigenvalue weighted by molar-refractivity contribution is -0.152. The van der Waals surface area contributed by atoms with Crippen LogP contribution in [0.5, 0.6) is 0 Å². The van der Waals surface area contributed by atoms with Gasteiger partial charge in [-0.3, -0.25) is 4.90 Å². The van der Waals surface area contributed by atoms with Crippen LogP contribution >= 0.6 is 0 Å². The number of rotatable bonds is 6. The van der Waals surface area contributed by atoms with Crippen LogP contribution in [0.25, 0.3) is 0 Å². The molecule has 0 aromatic rings.